The van der Waals surface area contributed by atoms with Gasteiger partial charge < -0.3 is 9.47 Å². The fourth-order valence-electron chi connectivity index (χ4n) is 2.03. The number of ether oxygens (including phenoxy) is 2. The molecule has 0 N–H and O–H groups in total. The van der Waals surface area contributed by atoms with Gasteiger partial charge in [-0.3, -0.25) is 0 Å². The summed E-state index contributed by atoms with van der Waals surface area (Å²) in [6.45, 7) is 1.93. The van der Waals surface area contributed by atoms with Gasteiger partial charge in [-0.25, -0.2) is 4.79 Å². The van der Waals surface area contributed by atoms with Crippen LogP contribution in [-0.2, 0) is 14.3 Å². The number of carbonyl (C=O) groups is 1. The van der Waals surface area contributed by atoms with E-state index >= 15 is 0 Å². The van der Waals surface area contributed by atoms with Crippen LogP contribution in [0.2, 0.25) is 0 Å². The third-order valence-corrected chi connectivity index (χ3v) is 2.83. The maximum Gasteiger partial charge on any atom is 0.335 e. The van der Waals surface area contributed by atoms with Crippen LogP contribution < -0.4 is 0 Å². The fraction of sp³-hybridized carbons (Fsp3) is 0.357. The molecule has 0 saturated heterocycles. The van der Waals surface area contributed by atoms with Crippen LogP contribution in [0.15, 0.2) is 36.4 Å². The van der Waals surface area contributed by atoms with Crippen LogP contribution >= 0.6 is 0 Å². The van der Waals surface area contributed by atoms with Gasteiger partial charge in [-0.15, -0.1) is 0 Å². The molecule has 3 nitrogen and oxygen atoms in total. The highest BCUT2D eigenvalue weighted by Crippen LogP contribution is 2.27. The summed E-state index contributed by atoms with van der Waals surface area (Å²) in [5.74, 6) is -0.307. The first-order valence-electron chi connectivity index (χ1n) is 5.70. The van der Waals surface area contributed by atoms with Gasteiger partial charge in [-0.2, -0.15) is 0 Å². The smallest absolute Gasteiger partial charge is 0.335 e. The molecule has 0 bridgehead atoms. The number of rotatable bonds is 2. The second-order valence-corrected chi connectivity index (χ2v) is 4.12. The molecule has 0 aliphatic carbocycles. The Balaban J connectivity index is 2.21. The maximum atomic E-state index is 11.5. The summed E-state index contributed by atoms with van der Waals surface area (Å²) in [4.78, 5) is 11.5. The first kappa shape index (κ1) is 11.9. The lowest BCUT2D eigenvalue weighted by molar-refractivity contribution is -0.156. The van der Waals surface area contributed by atoms with Crippen molar-refractivity contribution in [2.45, 2.75) is 25.6 Å². The van der Waals surface area contributed by atoms with E-state index in [9.17, 15) is 4.79 Å². The Morgan fingerprint density at radius 2 is 2.06 bits per heavy atom. The van der Waals surface area contributed by atoms with E-state index in [1.54, 1.807) is 0 Å². The lowest BCUT2D eigenvalue weighted by atomic mass is 9.96. The van der Waals surface area contributed by atoms with E-state index < -0.39 is 6.10 Å². The van der Waals surface area contributed by atoms with Gasteiger partial charge in [0, 0.05) is 6.42 Å². The summed E-state index contributed by atoms with van der Waals surface area (Å²) in [5, 5.41) is 0. The van der Waals surface area contributed by atoms with E-state index in [4.69, 9.17) is 9.47 Å². The van der Waals surface area contributed by atoms with Gasteiger partial charge >= 0.3 is 5.97 Å². The number of benzene rings is 1. The van der Waals surface area contributed by atoms with Crippen LogP contribution in [0.25, 0.3) is 5.57 Å². The zero-order valence-corrected chi connectivity index (χ0v) is 10.1. The van der Waals surface area contributed by atoms with E-state index in [1.807, 2.05) is 37.3 Å². The zero-order valence-electron chi connectivity index (χ0n) is 10.1. The molecule has 0 fully saturated rings. The summed E-state index contributed by atoms with van der Waals surface area (Å²) in [5.41, 5.74) is 2.27. The Kier molecular flexibility index (Phi) is 3.59. The fourth-order valence-corrected chi connectivity index (χ4v) is 2.03. The molecule has 0 radical (unpaired) electrons. The first-order chi connectivity index (χ1) is 8.20. The molecule has 3 heteroatoms. The molecular formula is C14H16O3. The second kappa shape index (κ2) is 5.15. The molecule has 0 unspecified atom stereocenters. The molecule has 1 aromatic carbocycles. The average Bonchev–Trinajstić information content (AvgIpc) is 2.38. The first-order valence-corrected chi connectivity index (χ1v) is 5.70. The summed E-state index contributed by atoms with van der Waals surface area (Å²) in [7, 11) is 1.39. The molecule has 0 aromatic heterocycles. The van der Waals surface area contributed by atoms with Gasteiger partial charge in [-0.1, -0.05) is 36.4 Å². The summed E-state index contributed by atoms with van der Waals surface area (Å²) in [6.07, 6.45) is 2.06. The largest absolute Gasteiger partial charge is 0.467 e. The van der Waals surface area contributed by atoms with Crippen molar-refractivity contribution in [3.05, 3.63) is 42.0 Å². The van der Waals surface area contributed by atoms with E-state index in [1.165, 1.54) is 7.11 Å². The third-order valence-electron chi connectivity index (χ3n) is 2.83. The van der Waals surface area contributed by atoms with Crippen molar-refractivity contribution in [1.29, 1.82) is 0 Å². The lowest BCUT2D eigenvalue weighted by Crippen LogP contribution is -2.32. The van der Waals surface area contributed by atoms with Crippen molar-refractivity contribution in [3.63, 3.8) is 0 Å². The predicted molar refractivity (Wildman–Crippen MR) is 65.4 cm³/mol. The summed E-state index contributed by atoms with van der Waals surface area (Å²) < 4.78 is 10.3. The minimum atomic E-state index is -0.491. The molecule has 2 atom stereocenters. The summed E-state index contributed by atoms with van der Waals surface area (Å²) in [6, 6.07) is 10.0. The molecular weight excluding hydrogens is 216 g/mol. The van der Waals surface area contributed by atoms with Crippen molar-refractivity contribution in [1.82, 2.24) is 0 Å². The molecule has 0 amide bonds. The number of methoxy groups -OCH3 is 1. The van der Waals surface area contributed by atoms with Crippen molar-refractivity contribution in [2.24, 2.45) is 0 Å². The quantitative estimate of drug-likeness (QED) is 0.735. The van der Waals surface area contributed by atoms with Crippen molar-refractivity contribution < 1.29 is 14.3 Å². The second-order valence-electron chi connectivity index (χ2n) is 4.12. The molecule has 0 saturated carbocycles. The topological polar surface area (TPSA) is 35.5 Å². The number of hydrogen-bond donors (Lipinski definition) is 0. The SMILES string of the molecule is COC(=O)[C@@H]1CC(c2ccccc2)=C[C@@H](C)O1. The molecule has 17 heavy (non-hydrogen) atoms. The Labute approximate surface area is 101 Å². The Morgan fingerprint density at radius 1 is 1.35 bits per heavy atom. The van der Waals surface area contributed by atoms with Crippen LogP contribution in [0.1, 0.15) is 18.9 Å². The summed E-state index contributed by atoms with van der Waals surface area (Å²) >= 11 is 0. The minimum absolute atomic E-state index is 0.0666. The molecule has 90 valence electrons. The molecule has 0 spiro atoms. The molecule has 2 rings (SSSR count). The van der Waals surface area contributed by atoms with Crippen LogP contribution in [0, 0.1) is 0 Å². The highest BCUT2D eigenvalue weighted by Gasteiger charge is 2.27. The Bertz CT molecular complexity index is 422. The monoisotopic (exact) mass is 232 g/mol. The zero-order chi connectivity index (χ0) is 12.3. The molecule has 1 heterocycles. The number of carbonyl (C=O) groups excluding carboxylic acids is 1. The molecule has 1 aliphatic heterocycles. The Morgan fingerprint density at radius 3 is 2.71 bits per heavy atom. The van der Waals surface area contributed by atoms with Crippen molar-refractivity contribution in [2.75, 3.05) is 7.11 Å². The van der Waals surface area contributed by atoms with Gasteiger partial charge in [0.15, 0.2) is 6.10 Å². The average molecular weight is 232 g/mol. The van der Waals surface area contributed by atoms with Crippen LogP contribution in [0.5, 0.6) is 0 Å². The highest BCUT2D eigenvalue weighted by molar-refractivity contribution is 5.79. The van der Waals surface area contributed by atoms with Crippen molar-refractivity contribution in [3.8, 4) is 0 Å². The highest BCUT2D eigenvalue weighted by atomic mass is 16.6. The van der Waals surface area contributed by atoms with Gasteiger partial charge in [0.1, 0.15) is 0 Å². The lowest BCUT2D eigenvalue weighted by Gasteiger charge is -2.26. The Hall–Kier alpha value is -1.61. The van der Waals surface area contributed by atoms with Crippen LogP contribution in [0.3, 0.4) is 0 Å². The predicted octanol–water partition coefficient (Wildman–Crippen LogP) is 2.42. The minimum Gasteiger partial charge on any atom is -0.467 e. The van der Waals surface area contributed by atoms with Gasteiger partial charge in [-0.05, 0) is 18.1 Å². The van der Waals surface area contributed by atoms with Crippen LogP contribution in [-0.4, -0.2) is 25.3 Å². The number of esters is 1. The molecule has 1 aliphatic rings. The van der Waals surface area contributed by atoms with E-state index in [-0.39, 0.29) is 12.1 Å². The van der Waals surface area contributed by atoms with E-state index in [2.05, 4.69) is 6.08 Å². The van der Waals surface area contributed by atoms with Gasteiger partial charge in [0.2, 0.25) is 0 Å². The standard InChI is InChI=1S/C14H16O3/c1-10-8-12(11-6-4-3-5-7-11)9-13(17-10)14(15)16-2/h3-8,10,13H,9H2,1-2H3/t10-,13+/m1/s1. The van der Waals surface area contributed by atoms with E-state index in [0.29, 0.717) is 6.42 Å². The van der Waals surface area contributed by atoms with Gasteiger partial charge in [0.25, 0.3) is 0 Å². The maximum absolute atomic E-state index is 11.5. The van der Waals surface area contributed by atoms with E-state index in [0.717, 1.165) is 11.1 Å². The normalized spacial score (nSPS) is 24.0. The van der Waals surface area contributed by atoms with Crippen LogP contribution in [0.4, 0.5) is 0 Å². The van der Waals surface area contributed by atoms with Gasteiger partial charge in [0.05, 0.1) is 13.2 Å². The van der Waals surface area contributed by atoms with Crippen molar-refractivity contribution >= 4 is 11.5 Å². The third kappa shape index (κ3) is 2.74. The molecule has 1 aromatic rings. The number of hydrogen-bond acceptors (Lipinski definition) is 3.